The number of amides is 3. The summed E-state index contributed by atoms with van der Waals surface area (Å²) in [5.74, 6) is -0.0501. The Bertz CT molecular complexity index is 861. The number of para-hydroxylation sites is 1. The van der Waals surface area contributed by atoms with Crippen LogP contribution < -0.4 is 10.1 Å². The fourth-order valence-corrected chi connectivity index (χ4v) is 3.22. The number of nitrogens with zero attached hydrogens (tertiary/aromatic N) is 2. The van der Waals surface area contributed by atoms with Crippen LogP contribution in [0.2, 0.25) is 0 Å². The number of benzene rings is 2. The Balaban J connectivity index is 1.49. The molecule has 29 heavy (non-hydrogen) atoms. The van der Waals surface area contributed by atoms with Gasteiger partial charge in [0.25, 0.3) is 11.8 Å². The highest BCUT2D eigenvalue weighted by molar-refractivity contribution is 5.99. The molecule has 2 aromatic carbocycles. The van der Waals surface area contributed by atoms with E-state index in [0.717, 1.165) is 0 Å². The number of carbonyl (C=O) groups is 3. The summed E-state index contributed by atoms with van der Waals surface area (Å²) >= 11 is 0. The van der Waals surface area contributed by atoms with E-state index in [-0.39, 0.29) is 24.3 Å². The third-order valence-electron chi connectivity index (χ3n) is 4.77. The Morgan fingerprint density at radius 1 is 0.897 bits per heavy atom. The molecule has 2 aromatic rings. The molecule has 0 bridgehead atoms. The average molecular weight is 395 g/mol. The molecule has 7 heteroatoms. The fraction of sp³-hybridized carbons (Fsp3) is 0.318. The van der Waals surface area contributed by atoms with Gasteiger partial charge in [-0.2, -0.15) is 0 Å². The van der Waals surface area contributed by atoms with Gasteiger partial charge < -0.3 is 19.9 Å². The van der Waals surface area contributed by atoms with E-state index in [2.05, 4.69) is 5.32 Å². The molecule has 1 N–H and O–H groups in total. The van der Waals surface area contributed by atoms with Crippen LogP contribution in [0.1, 0.15) is 27.6 Å². The summed E-state index contributed by atoms with van der Waals surface area (Å²) in [5.41, 5.74) is 1.05. The van der Waals surface area contributed by atoms with Crippen molar-refractivity contribution in [3.8, 4) is 5.75 Å². The van der Waals surface area contributed by atoms with Gasteiger partial charge in [0.15, 0.2) is 0 Å². The monoisotopic (exact) mass is 395 g/mol. The highest BCUT2D eigenvalue weighted by atomic mass is 16.5. The van der Waals surface area contributed by atoms with Crippen molar-refractivity contribution >= 4 is 17.7 Å². The molecule has 1 saturated heterocycles. The van der Waals surface area contributed by atoms with E-state index in [1.807, 2.05) is 25.1 Å². The molecule has 3 rings (SSSR count). The van der Waals surface area contributed by atoms with Gasteiger partial charge in [-0.25, -0.2) is 0 Å². The molecule has 0 aliphatic carbocycles. The number of nitrogens with one attached hydrogen (secondary N) is 1. The van der Waals surface area contributed by atoms with Crippen LogP contribution in [0.5, 0.6) is 5.75 Å². The molecule has 0 saturated carbocycles. The fourth-order valence-electron chi connectivity index (χ4n) is 3.22. The van der Waals surface area contributed by atoms with E-state index in [1.54, 1.807) is 46.2 Å². The zero-order valence-corrected chi connectivity index (χ0v) is 16.5. The third-order valence-corrected chi connectivity index (χ3v) is 4.77. The first-order valence-corrected chi connectivity index (χ1v) is 9.72. The summed E-state index contributed by atoms with van der Waals surface area (Å²) in [7, 11) is 0. The van der Waals surface area contributed by atoms with Crippen molar-refractivity contribution in [1.29, 1.82) is 0 Å². The van der Waals surface area contributed by atoms with Crippen molar-refractivity contribution in [3.05, 3.63) is 65.7 Å². The summed E-state index contributed by atoms with van der Waals surface area (Å²) < 4.78 is 5.46. The summed E-state index contributed by atoms with van der Waals surface area (Å²) in [6.07, 6.45) is 0. The molecule has 3 amide bonds. The van der Waals surface area contributed by atoms with Crippen LogP contribution in [-0.4, -0.2) is 66.9 Å². The van der Waals surface area contributed by atoms with E-state index in [1.165, 1.54) is 0 Å². The maximum atomic E-state index is 12.5. The molecule has 7 nitrogen and oxygen atoms in total. The lowest BCUT2D eigenvalue weighted by molar-refractivity contribution is -0.131. The molecule has 0 atom stereocenters. The van der Waals surface area contributed by atoms with Crippen molar-refractivity contribution < 1.29 is 19.1 Å². The van der Waals surface area contributed by atoms with Crippen LogP contribution in [0, 0.1) is 0 Å². The van der Waals surface area contributed by atoms with Gasteiger partial charge in [-0.05, 0) is 31.2 Å². The SMILES string of the molecule is CCOc1ccccc1C(=O)NCC(=O)N1CCN(C(=O)c2ccccc2)CC1. The zero-order chi connectivity index (χ0) is 20.6. The lowest BCUT2D eigenvalue weighted by Gasteiger charge is -2.34. The summed E-state index contributed by atoms with van der Waals surface area (Å²) in [5, 5.41) is 2.66. The van der Waals surface area contributed by atoms with E-state index < -0.39 is 0 Å². The lowest BCUT2D eigenvalue weighted by Crippen LogP contribution is -2.52. The number of rotatable bonds is 6. The summed E-state index contributed by atoms with van der Waals surface area (Å²) in [6.45, 7) is 4.05. The lowest BCUT2D eigenvalue weighted by atomic mass is 10.2. The molecule has 1 heterocycles. The van der Waals surface area contributed by atoms with Gasteiger partial charge in [0.1, 0.15) is 5.75 Å². The molecule has 1 aliphatic rings. The Labute approximate surface area is 170 Å². The van der Waals surface area contributed by atoms with Crippen LogP contribution in [0.4, 0.5) is 0 Å². The third kappa shape index (κ3) is 5.13. The maximum absolute atomic E-state index is 12.5. The van der Waals surface area contributed by atoms with Crippen LogP contribution in [-0.2, 0) is 4.79 Å². The topological polar surface area (TPSA) is 79.0 Å². The Morgan fingerprint density at radius 3 is 2.21 bits per heavy atom. The van der Waals surface area contributed by atoms with Crippen molar-refractivity contribution in [2.75, 3.05) is 39.3 Å². The second kappa shape index (κ2) is 9.73. The average Bonchev–Trinajstić information content (AvgIpc) is 2.78. The predicted octanol–water partition coefficient (Wildman–Crippen LogP) is 1.80. The minimum absolute atomic E-state index is 0.0291. The number of hydrogen-bond donors (Lipinski definition) is 1. The molecule has 0 radical (unpaired) electrons. The minimum Gasteiger partial charge on any atom is -0.493 e. The second-order valence-corrected chi connectivity index (χ2v) is 6.65. The Kier molecular flexibility index (Phi) is 6.84. The maximum Gasteiger partial charge on any atom is 0.255 e. The highest BCUT2D eigenvalue weighted by Crippen LogP contribution is 2.17. The summed E-state index contributed by atoms with van der Waals surface area (Å²) in [4.78, 5) is 40.8. The van der Waals surface area contributed by atoms with Crippen LogP contribution in [0.15, 0.2) is 54.6 Å². The molecular formula is C22H25N3O4. The van der Waals surface area contributed by atoms with Crippen molar-refractivity contribution in [2.24, 2.45) is 0 Å². The van der Waals surface area contributed by atoms with Gasteiger partial charge in [-0.3, -0.25) is 14.4 Å². The molecular weight excluding hydrogens is 370 g/mol. The number of carbonyl (C=O) groups excluding carboxylic acids is 3. The standard InChI is InChI=1S/C22H25N3O4/c1-2-29-19-11-7-6-10-18(19)21(27)23-16-20(26)24-12-14-25(15-13-24)22(28)17-8-4-3-5-9-17/h3-11H,2,12-16H2,1H3,(H,23,27). The first-order valence-electron chi connectivity index (χ1n) is 9.72. The van der Waals surface area contributed by atoms with Crippen LogP contribution >= 0.6 is 0 Å². The summed E-state index contributed by atoms with van der Waals surface area (Å²) in [6, 6.07) is 16.0. The Morgan fingerprint density at radius 2 is 1.52 bits per heavy atom. The van der Waals surface area contributed by atoms with Gasteiger partial charge in [-0.1, -0.05) is 30.3 Å². The number of hydrogen-bond acceptors (Lipinski definition) is 4. The first kappa shape index (κ1) is 20.4. The molecule has 1 fully saturated rings. The molecule has 1 aliphatic heterocycles. The van der Waals surface area contributed by atoms with Gasteiger partial charge >= 0.3 is 0 Å². The predicted molar refractivity (Wildman–Crippen MR) is 109 cm³/mol. The van der Waals surface area contributed by atoms with Crippen molar-refractivity contribution in [3.63, 3.8) is 0 Å². The van der Waals surface area contributed by atoms with Gasteiger partial charge in [0.2, 0.25) is 5.91 Å². The minimum atomic E-state index is -0.347. The van der Waals surface area contributed by atoms with Crippen molar-refractivity contribution in [2.45, 2.75) is 6.92 Å². The molecule has 0 aromatic heterocycles. The van der Waals surface area contributed by atoms with Gasteiger partial charge in [0.05, 0.1) is 18.7 Å². The largest absolute Gasteiger partial charge is 0.493 e. The molecule has 152 valence electrons. The van der Waals surface area contributed by atoms with E-state index in [4.69, 9.17) is 4.74 Å². The van der Waals surface area contributed by atoms with Gasteiger partial charge in [0, 0.05) is 31.7 Å². The van der Waals surface area contributed by atoms with Crippen LogP contribution in [0.25, 0.3) is 0 Å². The van der Waals surface area contributed by atoms with E-state index >= 15 is 0 Å². The smallest absolute Gasteiger partial charge is 0.255 e. The normalized spacial score (nSPS) is 13.7. The quantitative estimate of drug-likeness (QED) is 0.809. The molecule has 0 spiro atoms. The van der Waals surface area contributed by atoms with Crippen molar-refractivity contribution in [1.82, 2.24) is 15.1 Å². The molecule has 0 unspecified atom stereocenters. The second-order valence-electron chi connectivity index (χ2n) is 6.65. The number of ether oxygens (including phenoxy) is 1. The van der Waals surface area contributed by atoms with Crippen LogP contribution in [0.3, 0.4) is 0 Å². The van der Waals surface area contributed by atoms with E-state index in [0.29, 0.717) is 49.7 Å². The number of piperazine rings is 1. The van der Waals surface area contributed by atoms with Gasteiger partial charge in [-0.15, -0.1) is 0 Å². The highest BCUT2D eigenvalue weighted by Gasteiger charge is 2.25. The first-order chi connectivity index (χ1) is 14.1. The van der Waals surface area contributed by atoms with E-state index in [9.17, 15) is 14.4 Å². The zero-order valence-electron chi connectivity index (χ0n) is 16.5. The Hall–Kier alpha value is -3.35.